The van der Waals surface area contributed by atoms with Gasteiger partial charge < -0.3 is 5.73 Å². The first kappa shape index (κ1) is 15.2. The fraction of sp³-hybridized carbons (Fsp3) is 0.417. The number of nitrogens with two attached hydrogens (primary N) is 1. The maximum atomic E-state index is 11.2. The normalized spacial score (nSPS) is 11.6. The van der Waals surface area contributed by atoms with Gasteiger partial charge in [-0.2, -0.15) is 9.78 Å². The van der Waals surface area contributed by atoms with E-state index in [0.717, 1.165) is 0 Å². The Morgan fingerprint density at radius 2 is 2.05 bits per heavy atom. The topological polar surface area (TPSA) is 113 Å². The van der Waals surface area contributed by atoms with E-state index in [0.29, 0.717) is 12.1 Å². The summed E-state index contributed by atoms with van der Waals surface area (Å²) in [7, 11) is 0. The van der Waals surface area contributed by atoms with E-state index in [1.54, 1.807) is 6.07 Å². The molecular weight excluding hydrogens is 296 g/mol. The van der Waals surface area contributed by atoms with Crippen molar-refractivity contribution in [3.8, 4) is 5.82 Å². The quantitative estimate of drug-likeness (QED) is 0.688. The fourth-order valence-electron chi connectivity index (χ4n) is 1.89. The number of nitro groups is 1. The van der Waals surface area contributed by atoms with Crippen LogP contribution >= 0.6 is 11.6 Å². The smallest absolute Gasteiger partial charge is 0.334 e. The number of rotatable bonds is 3. The summed E-state index contributed by atoms with van der Waals surface area (Å²) in [5.74, 6) is 0.205. The van der Waals surface area contributed by atoms with Crippen molar-refractivity contribution in [3.63, 3.8) is 0 Å². The van der Waals surface area contributed by atoms with E-state index in [4.69, 9.17) is 17.3 Å². The second-order valence-corrected chi connectivity index (χ2v) is 6.19. The Labute approximate surface area is 126 Å². The zero-order valence-electron chi connectivity index (χ0n) is 11.9. The van der Waals surface area contributed by atoms with E-state index in [1.807, 2.05) is 20.8 Å². The van der Waals surface area contributed by atoms with Crippen LogP contribution in [0.25, 0.3) is 5.82 Å². The molecule has 0 fully saturated rings. The highest BCUT2D eigenvalue weighted by molar-refractivity contribution is 6.29. The van der Waals surface area contributed by atoms with Crippen LogP contribution in [0.5, 0.6) is 0 Å². The zero-order valence-corrected chi connectivity index (χ0v) is 12.6. The van der Waals surface area contributed by atoms with Gasteiger partial charge in [0.1, 0.15) is 5.69 Å². The second kappa shape index (κ2) is 5.28. The van der Waals surface area contributed by atoms with Gasteiger partial charge in [-0.15, -0.1) is 10.2 Å². The first-order chi connectivity index (χ1) is 9.69. The largest absolute Gasteiger partial charge is 0.378 e. The van der Waals surface area contributed by atoms with Crippen molar-refractivity contribution in [1.29, 1.82) is 0 Å². The van der Waals surface area contributed by atoms with Crippen LogP contribution in [0.2, 0.25) is 5.15 Å². The predicted molar refractivity (Wildman–Crippen MR) is 78.4 cm³/mol. The molecule has 21 heavy (non-hydrogen) atoms. The molecule has 0 saturated carbocycles. The first-order valence-corrected chi connectivity index (χ1v) is 6.58. The second-order valence-electron chi connectivity index (χ2n) is 5.80. The third kappa shape index (κ3) is 3.27. The van der Waals surface area contributed by atoms with Crippen molar-refractivity contribution in [3.05, 3.63) is 33.1 Å². The Hall–Kier alpha value is -2.22. The Morgan fingerprint density at radius 1 is 1.38 bits per heavy atom. The van der Waals surface area contributed by atoms with E-state index in [9.17, 15) is 10.1 Å². The lowest BCUT2D eigenvalue weighted by atomic mass is 9.90. The molecule has 0 aliphatic carbocycles. The van der Waals surface area contributed by atoms with Crippen LogP contribution in [0.4, 0.5) is 11.5 Å². The van der Waals surface area contributed by atoms with Gasteiger partial charge in [0.25, 0.3) is 0 Å². The lowest BCUT2D eigenvalue weighted by Crippen LogP contribution is -2.11. The molecule has 0 spiro atoms. The van der Waals surface area contributed by atoms with E-state index < -0.39 is 4.92 Å². The van der Waals surface area contributed by atoms with Gasteiger partial charge in [-0.1, -0.05) is 32.4 Å². The minimum atomic E-state index is -0.525. The summed E-state index contributed by atoms with van der Waals surface area (Å²) in [5.41, 5.74) is 5.82. The number of hydrogen-bond donors (Lipinski definition) is 1. The summed E-state index contributed by atoms with van der Waals surface area (Å²) in [6, 6.07) is 3.06. The molecule has 2 heterocycles. The maximum absolute atomic E-state index is 11.2. The summed E-state index contributed by atoms with van der Waals surface area (Å²) in [4.78, 5) is 10.7. The molecule has 2 rings (SSSR count). The monoisotopic (exact) mass is 310 g/mol. The lowest BCUT2D eigenvalue weighted by Gasteiger charge is -2.15. The number of halogens is 1. The van der Waals surface area contributed by atoms with Gasteiger partial charge in [0.05, 0.1) is 4.92 Å². The highest BCUT2D eigenvalue weighted by Gasteiger charge is 2.29. The zero-order chi connectivity index (χ0) is 15.8. The van der Waals surface area contributed by atoms with Crippen molar-refractivity contribution in [2.24, 2.45) is 5.41 Å². The molecule has 0 saturated heterocycles. The predicted octanol–water partition coefficient (Wildman–Crippen LogP) is 2.39. The van der Waals surface area contributed by atoms with Crippen LogP contribution in [0.1, 0.15) is 26.5 Å². The van der Waals surface area contributed by atoms with Crippen molar-refractivity contribution in [2.75, 3.05) is 5.73 Å². The van der Waals surface area contributed by atoms with Crippen LogP contribution in [-0.4, -0.2) is 24.9 Å². The average Bonchev–Trinajstić information content (AvgIpc) is 2.65. The Bertz CT molecular complexity index is 674. The third-order valence-corrected chi connectivity index (χ3v) is 2.88. The Kier molecular flexibility index (Phi) is 3.82. The van der Waals surface area contributed by atoms with Crippen molar-refractivity contribution in [2.45, 2.75) is 27.2 Å². The molecule has 112 valence electrons. The van der Waals surface area contributed by atoms with Crippen LogP contribution in [0, 0.1) is 15.5 Å². The van der Waals surface area contributed by atoms with Crippen LogP contribution < -0.4 is 5.73 Å². The number of nitrogen functional groups attached to an aromatic ring is 1. The molecule has 0 amide bonds. The summed E-state index contributed by atoms with van der Waals surface area (Å²) in [5, 5.41) is 23.2. The molecule has 8 nitrogen and oxygen atoms in total. The van der Waals surface area contributed by atoms with E-state index in [2.05, 4.69) is 15.3 Å². The molecule has 2 N–H and O–H groups in total. The molecule has 0 radical (unpaired) electrons. The molecule has 0 aromatic carbocycles. The number of anilines is 1. The van der Waals surface area contributed by atoms with Crippen LogP contribution in [0.15, 0.2) is 12.1 Å². The van der Waals surface area contributed by atoms with E-state index >= 15 is 0 Å². The van der Waals surface area contributed by atoms with Crippen LogP contribution in [0.3, 0.4) is 0 Å². The molecular formula is C12H15ClN6O2. The highest BCUT2D eigenvalue weighted by Crippen LogP contribution is 2.32. The lowest BCUT2D eigenvalue weighted by molar-refractivity contribution is -0.384. The molecule has 0 atom stereocenters. The van der Waals surface area contributed by atoms with Gasteiger partial charge in [-0.05, 0) is 17.5 Å². The van der Waals surface area contributed by atoms with Crippen molar-refractivity contribution in [1.82, 2.24) is 20.0 Å². The van der Waals surface area contributed by atoms with Gasteiger partial charge >= 0.3 is 5.69 Å². The Balaban J connectivity index is 2.56. The highest BCUT2D eigenvalue weighted by atomic mass is 35.5. The molecule has 0 bridgehead atoms. The molecule has 2 aromatic rings. The van der Waals surface area contributed by atoms with Crippen molar-refractivity contribution < 1.29 is 4.92 Å². The van der Waals surface area contributed by atoms with E-state index in [1.165, 1.54) is 10.7 Å². The Morgan fingerprint density at radius 3 is 2.52 bits per heavy atom. The summed E-state index contributed by atoms with van der Waals surface area (Å²) in [6.45, 7) is 5.90. The molecule has 2 aromatic heterocycles. The molecule has 0 aliphatic rings. The molecule has 0 unspecified atom stereocenters. The SMILES string of the molecule is CC(C)(C)Cc1nn(-c2ccc(Cl)nn2)c(N)c1[N+](=O)[O-]. The third-order valence-electron chi connectivity index (χ3n) is 2.68. The number of aromatic nitrogens is 4. The van der Waals surface area contributed by atoms with Crippen molar-refractivity contribution >= 4 is 23.1 Å². The summed E-state index contributed by atoms with van der Waals surface area (Å²) >= 11 is 5.67. The first-order valence-electron chi connectivity index (χ1n) is 6.20. The standard InChI is InChI=1S/C12H15ClN6O2/c1-12(2,3)6-7-10(19(20)21)11(14)18(17-7)9-5-4-8(13)15-16-9/h4-5H,6,14H2,1-3H3. The van der Waals surface area contributed by atoms with Gasteiger partial charge in [0, 0.05) is 6.42 Å². The summed E-state index contributed by atoms with van der Waals surface area (Å²) in [6.07, 6.45) is 0.418. The van der Waals surface area contributed by atoms with E-state index in [-0.39, 0.29) is 27.9 Å². The molecule has 9 heteroatoms. The number of nitrogens with zero attached hydrogens (tertiary/aromatic N) is 5. The fourth-order valence-corrected chi connectivity index (χ4v) is 1.99. The average molecular weight is 311 g/mol. The number of hydrogen-bond acceptors (Lipinski definition) is 6. The van der Waals surface area contributed by atoms with Gasteiger partial charge in [0.2, 0.25) is 5.82 Å². The van der Waals surface area contributed by atoms with Crippen LogP contribution in [-0.2, 0) is 6.42 Å². The van der Waals surface area contributed by atoms with Gasteiger partial charge in [-0.25, -0.2) is 0 Å². The molecule has 0 aliphatic heterocycles. The summed E-state index contributed by atoms with van der Waals surface area (Å²) < 4.78 is 1.21. The minimum Gasteiger partial charge on any atom is -0.378 e. The maximum Gasteiger partial charge on any atom is 0.334 e. The minimum absolute atomic E-state index is 0.0733. The van der Waals surface area contributed by atoms with Gasteiger partial charge in [-0.3, -0.25) is 10.1 Å². The van der Waals surface area contributed by atoms with Gasteiger partial charge in [0.15, 0.2) is 11.0 Å².